The summed E-state index contributed by atoms with van der Waals surface area (Å²) in [4.78, 5) is 6.74. The molecule has 5 heteroatoms. The van der Waals surface area contributed by atoms with E-state index in [1.165, 1.54) is 5.69 Å². The molecule has 0 amide bonds. The third kappa shape index (κ3) is 3.25. The van der Waals surface area contributed by atoms with Crippen LogP contribution in [-0.2, 0) is 4.74 Å². The smallest absolute Gasteiger partial charge is 0.153 e. The van der Waals surface area contributed by atoms with Crippen molar-refractivity contribution in [1.82, 2.24) is 4.98 Å². The number of morpholine rings is 1. The van der Waals surface area contributed by atoms with Crippen molar-refractivity contribution in [3.05, 3.63) is 42.1 Å². The quantitative estimate of drug-likeness (QED) is 0.907. The molecule has 1 aromatic heterocycles. The summed E-state index contributed by atoms with van der Waals surface area (Å²) in [6.07, 6.45) is 0. The molecular formula is C16H20N4O. The summed E-state index contributed by atoms with van der Waals surface area (Å²) in [7, 11) is 0. The van der Waals surface area contributed by atoms with Gasteiger partial charge in [-0.3, -0.25) is 0 Å². The Kier molecular flexibility index (Phi) is 3.92. The van der Waals surface area contributed by atoms with Gasteiger partial charge >= 0.3 is 0 Å². The van der Waals surface area contributed by atoms with Crippen LogP contribution in [0.4, 0.5) is 22.9 Å². The zero-order valence-corrected chi connectivity index (χ0v) is 12.2. The third-order valence-corrected chi connectivity index (χ3v) is 3.57. The number of nitrogens with zero attached hydrogens (tertiary/aromatic N) is 2. The van der Waals surface area contributed by atoms with Gasteiger partial charge in [0.2, 0.25) is 0 Å². The molecule has 0 atom stereocenters. The highest BCUT2D eigenvalue weighted by atomic mass is 16.5. The standard InChI is InChI=1S/C16H20N4O/c1-12-2-7-15(17)16(18-12)19-13-3-5-14(6-4-13)20-8-10-21-11-9-20/h2-7H,8-11,17H2,1H3,(H,18,19). The van der Waals surface area contributed by atoms with E-state index in [0.717, 1.165) is 37.7 Å². The van der Waals surface area contributed by atoms with E-state index >= 15 is 0 Å². The van der Waals surface area contributed by atoms with Crippen molar-refractivity contribution in [2.24, 2.45) is 0 Å². The van der Waals surface area contributed by atoms with Crippen LogP contribution in [0, 0.1) is 6.92 Å². The van der Waals surface area contributed by atoms with Crippen molar-refractivity contribution in [1.29, 1.82) is 0 Å². The molecule has 1 saturated heterocycles. The van der Waals surface area contributed by atoms with Gasteiger partial charge in [0.05, 0.1) is 18.9 Å². The number of hydrogen-bond donors (Lipinski definition) is 2. The number of benzene rings is 1. The molecule has 1 aromatic carbocycles. The molecule has 21 heavy (non-hydrogen) atoms. The number of pyridine rings is 1. The van der Waals surface area contributed by atoms with E-state index in [1.54, 1.807) is 0 Å². The van der Waals surface area contributed by atoms with Crippen LogP contribution in [0.3, 0.4) is 0 Å². The minimum atomic E-state index is 0.651. The van der Waals surface area contributed by atoms with E-state index in [4.69, 9.17) is 10.5 Å². The highest BCUT2D eigenvalue weighted by Crippen LogP contribution is 2.24. The number of aryl methyl sites for hydroxylation is 1. The van der Waals surface area contributed by atoms with Crippen LogP contribution >= 0.6 is 0 Å². The summed E-state index contributed by atoms with van der Waals surface area (Å²) in [5.41, 5.74) is 9.73. The maximum atomic E-state index is 5.94. The molecule has 0 saturated carbocycles. The minimum absolute atomic E-state index is 0.651. The molecule has 110 valence electrons. The molecule has 2 aromatic rings. The maximum absolute atomic E-state index is 5.94. The topological polar surface area (TPSA) is 63.4 Å². The second-order valence-electron chi connectivity index (χ2n) is 5.16. The predicted molar refractivity (Wildman–Crippen MR) is 86.1 cm³/mol. The van der Waals surface area contributed by atoms with Crippen molar-refractivity contribution < 1.29 is 4.74 Å². The largest absolute Gasteiger partial charge is 0.396 e. The molecule has 3 rings (SSSR count). The number of rotatable bonds is 3. The lowest BCUT2D eigenvalue weighted by Crippen LogP contribution is -2.36. The molecular weight excluding hydrogens is 264 g/mol. The Hall–Kier alpha value is -2.27. The lowest BCUT2D eigenvalue weighted by atomic mass is 10.2. The fraction of sp³-hybridized carbons (Fsp3) is 0.312. The first kappa shape index (κ1) is 13.7. The van der Waals surface area contributed by atoms with E-state index in [-0.39, 0.29) is 0 Å². The van der Waals surface area contributed by atoms with Gasteiger partial charge in [-0.2, -0.15) is 0 Å². The van der Waals surface area contributed by atoms with Crippen LogP contribution < -0.4 is 16.0 Å². The van der Waals surface area contributed by atoms with Crippen molar-refractivity contribution in [3.8, 4) is 0 Å². The molecule has 0 radical (unpaired) electrons. The molecule has 0 bridgehead atoms. The highest BCUT2D eigenvalue weighted by Gasteiger charge is 2.11. The monoisotopic (exact) mass is 284 g/mol. The van der Waals surface area contributed by atoms with Gasteiger partial charge in [-0.25, -0.2) is 4.98 Å². The summed E-state index contributed by atoms with van der Waals surface area (Å²) in [6, 6.07) is 12.1. The first-order valence-electron chi connectivity index (χ1n) is 7.15. The van der Waals surface area contributed by atoms with Gasteiger partial charge < -0.3 is 20.7 Å². The SMILES string of the molecule is Cc1ccc(N)c(Nc2ccc(N3CCOCC3)cc2)n1. The molecule has 1 aliphatic heterocycles. The highest BCUT2D eigenvalue weighted by molar-refractivity contribution is 5.69. The van der Waals surface area contributed by atoms with Gasteiger partial charge in [0.1, 0.15) is 0 Å². The van der Waals surface area contributed by atoms with Crippen molar-refractivity contribution in [3.63, 3.8) is 0 Å². The van der Waals surface area contributed by atoms with Crippen LogP contribution in [0.1, 0.15) is 5.69 Å². The van der Waals surface area contributed by atoms with Crippen LogP contribution in [0.15, 0.2) is 36.4 Å². The van der Waals surface area contributed by atoms with Gasteiger partial charge in [0.15, 0.2) is 5.82 Å². The Morgan fingerprint density at radius 2 is 1.81 bits per heavy atom. The summed E-state index contributed by atoms with van der Waals surface area (Å²) >= 11 is 0. The molecule has 0 aliphatic carbocycles. The van der Waals surface area contributed by atoms with Crippen LogP contribution in [-0.4, -0.2) is 31.3 Å². The lowest BCUT2D eigenvalue weighted by Gasteiger charge is -2.28. The van der Waals surface area contributed by atoms with E-state index in [9.17, 15) is 0 Å². The Bertz CT molecular complexity index is 606. The summed E-state index contributed by atoms with van der Waals surface area (Å²) < 4.78 is 5.37. The van der Waals surface area contributed by atoms with E-state index in [2.05, 4.69) is 27.3 Å². The molecule has 0 spiro atoms. The zero-order chi connectivity index (χ0) is 14.7. The second-order valence-corrected chi connectivity index (χ2v) is 5.16. The molecule has 1 fully saturated rings. The van der Waals surface area contributed by atoms with Crippen molar-refractivity contribution in [2.45, 2.75) is 6.92 Å². The molecule has 3 N–H and O–H groups in total. The summed E-state index contributed by atoms with van der Waals surface area (Å²) in [5, 5.41) is 3.26. The van der Waals surface area contributed by atoms with Gasteiger partial charge in [-0.1, -0.05) is 0 Å². The van der Waals surface area contributed by atoms with Crippen LogP contribution in [0.2, 0.25) is 0 Å². The number of nitrogen functional groups attached to an aromatic ring is 1. The number of anilines is 4. The maximum Gasteiger partial charge on any atom is 0.153 e. The second kappa shape index (κ2) is 6.01. The van der Waals surface area contributed by atoms with Crippen LogP contribution in [0.5, 0.6) is 0 Å². The zero-order valence-electron chi connectivity index (χ0n) is 12.2. The van der Waals surface area contributed by atoms with Gasteiger partial charge in [-0.15, -0.1) is 0 Å². The lowest BCUT2D eigenvalue weighted by molar-refractivity contribution is 0.122. The molecule has 5 nitrogen and oxygen atoms in total. The van der Waals surface area contributed by atoms with Gasteiger partial charge in [-0.05, 0) is 43.3 Å². The average molecular weight is 284 g/mol. The molecule has 0 unspecified atom stereocenters. The fourth-order valence-corrected chi connectivity index (χ4v) is 2.38. The number of nitrogens with two attached hydrogens (primary N) is 1. The Morgan fingerprint density at radius 1 is 1.10 bits per heavy atom. The Labute approximate surface area is 124 Å². The number of aromatic nitrogens is 1. The minimum Gasteiger partial charge on any atom is -0.396 e. The fourth-order valence-electron chi connectivity index (χ4n) is 2.38. The Balaban J connectivity index is 1.73. The Morgan fingerprint density at radius 3 is 2.52 bits per heavy atom. The third-order valence-electron chi connectivity index (χ3n) is 3.57. The number of hydrogen-bond acceptors (Lipinski definition) is 5. The number of nitrogens with one attached hydrogen (secondary N) is 1. The van der Waals surface area contributed by atoms with Gasteiger partial charge in [0, 0.05) is 30.2 Å². The average Bonchev–Trinajstić information content (AvgIpc) is 2.53. The summed E-state index contributed by atoms with van der Waals surface area (Å²) in [5.74, 6) is 0.703. The van der Waals surface area contributed by atoms with E-state index < -0.39 is 0 Å². The van der Waals surface area contributed by atoms with Crippen LogP contribution in [0.25, 0.3) is 0 Å². The molecule has 2 heterocycles. The van der Waals surface area contributed by atoms with Crippen molar-refractivity contribution in [2.75, 3.05) is 42.3 Å². The predicted octanol–water partition coefficient (Wildman–Crippen LogP) is 2.55. The van der Waals surface area contributed by atoms with E-state index in [0.29, 0.717) is 11.5 Å². The van der Waals surface area contributed by atoms with Crippen molar-refractivity contribution >= 4 is 22.9 Å². The normalized spacial score (nSPS) is 15.0. The van der Waals surface area contributed by atoms with Gasteiger partial charge in [0.25, 0.3) is 0 Å². The molecule has 1 aliphatic rings. The first-order valence-corrected chi connectivity index (χ1v) is 7.15. The first-order chi connectivity index (χ1) is 10.2. The van der Waals surface area contributed by atoms with E-state index in [1.807, 2.05) is 31.2 Å². The summed E-state index contributed by atoms with van der Waals surface area (Å²) in [6.45, 7) is 5.43. The number of ether oxygens (including phenoxy) is 1.